The van der Waals surface area contributed by atoms with E-state index in [2.05, 4.69) is 34.0 Å². The molecule has 2 aliphatic rings. The third-order valence-electron chi connectivity index (χ3n) is 4.02. The van der Waals surface area contributed by atoms with E-state index in [0.717, 1.165) is 12.3 Å². The molecule has 1 amide bonds. The highest BCUT2D eigenvalue weighted by atomic mass is 32.1. The molecule has 1 N–H and O–H groups in total. The largest absolute Gasteiger partial charge is 0.319 e. The van der Waals surface area contributed by atoms with Gasteiger partial charge in [0.2, 0.25) is 5.91 Å². The van der Waals surface area contributed by atoms with Crippen LogP contribution in [0.1, 0.15) is 44.8 Å². The van der Waals surface area contributed by atoms with E-state index in [1.165, 1.54) is 18.4 Å². The summed E-state index contributed by atoms with van der Waals surface area (Å²) in [5.41, 5.74) is 1.22. The molecule has 18 heavy (non-hydrogen) atoms. The van der Waals surface area contributed by atoms with Crippen molar-refractivity contribution < 1.29 is 4.79 Å². The van der Waals surface area contributed by atoms with Crippen molar-refractivity contribution in [2.45, 2.75) is 51.4 Å². The molecule has 0 aromatic carbocycles. The second kappa shape index (κ2) is 4.67. The van der Waals surface area contributed by atoms with Crippen LogP contribution in [0.3, 0.4) is 0 Å². The lowest BCUT2D eigenvalue weighted by atomic mass is 10.1. The molecule has 0 spiro atoms. The van der Waals surface area contributed by atoms with Crippen molar-refractivity contribution >= 4 is 17.2 Å². The molecule has 1 aromatic rings. The summed E-state index contributed by atoms with van der Waals surface area (Å²) in [6.45, 7) is 4.15. The van der Waals surface area contributed by atoms with Crippen molar-refractivity contribution in [3.05, 3.63) is 22.4 Å². The lowest BCUT2D eigenvalue weighted by Crippen LogP contribution is -2.38. The minimum Gasteiger partial charge on any atom is -0.319 e. The smallest absolute Gasteiger partial charge is 0.241 e. The molecule has 2 heterocycles. The summed E-state index contributed by atoms with van der Waals surface area (Å²) in [4.78, 5) is 14.4. The lowest BCUT2D eigenvalue weighted by molar-refractivity contribution is -0.132. The Morgan fingerprint density at radius 3 is 2.94 bits per heavy atom. The fraction of sp³-hybridized carbons (Fsp3) is 0.643. The summed E-state index contributed by atoms with van der Waals surface area (Å²) in [5.74, 6) is 1.10. The van der Waals surface area contributed by atoms with Crippen molar-refractivity contribution in [2.75, 3.05) is 0 Å². The predicted octanol–water partition coefficient (Wildman–Crippen LogP) is 2.76. The zero-order valence-electron chi connectivity index (χ0n) is 10.9. The van der Waals surface area contributed by atoms with Crippen LogP contribution < -0.4 is 5.32 Å². The molecule has 4 heteroatoms. The van der Waals surface area contributed by atoms with Crippen LogP contribution in [0, 0.1) is 5.92 Å². The first kappa shape index (κ1) is 12.2. The average molecular weight is 264 g/mol. The van der Waals surface area contributed by atoms with Crippen molar-refractivity contribution in [1.29, 1.82) is 0 Å². The molecule has 3 atom stereocenters. The molecule has 1 aliphatic heterocycles. The van der Waals surface area contributed by atoms with Gasteiger partial charge in [0.05, 0.1) is 6.04 Å². The van der Waals surface area contributed by atoms with E-state index in [-0.39, 0.29) is 18.1 Å². The molecule has 1 aliphatic carbocycles. The summed E-state index contributed by atoms with van der Waals surface area (Å²) < 4.78 is 0. The Morgan fingerprint density at radius 2 is 2.33 bits per heavy atom. The highest BCUT2D eigenvalue weighted by molar-refractivity contribution is 7.07. The van der Waals surface area contributed by atoms with Crippen molar-refractivity contribution in [2.24, 2.45) is 5.92 Å². The number of thiophene rings is 1. The molecule has 2 fully saturated rings. The predicted molar refractivity (Wildman–Crippen MR) is 73.3 cm³/mol. The molecule has 98 valence electrons. The lowest BCUT2D eigenvalue weighted by Gasteiger charge is -2.30. The third kappa shape index (κ3) is 2.19. The van der Waals surface area contributed by atoms with Crippen LogP contribution in [0.4, 0.5) is 0 Å². The Kier molecular flexibility index (Phi) is 3.16. The minimum atomic E-state index is -0.0587. The van der Waals surface area contributed by atoms with Crippen LogP contribution in [0.2, 0.25) is 0 Å². The second-order valence-electron chi connectivity index (χ2n) is 5.62. The molecule has 1 saturated carbocycles. The molecular formula is C14H20N2OS. The van der Waals surface area contributed by atoms with Crippen molar-refractivity contribution in [1.82, 2.24) is 10.2 Å². The number of hydrogen-bond donors (Lipinski definition) is 1. The molecular weight excluding hydrogens is 244 g/mol. The zero-order chi connectivity index (χ0) is 12.7. The summed E-state index contributed by atoms with van der Waals surface area (Å²) in [5, 5.41) is 7.63. The number of carbonyl (C=O) groups excluding carboxylic acids is 1. The van der Waals surface area contributed by atoms with Crippen molar-refractivity contribution in [3.8, 4) is 0 Å². The Morgan fingerprint density at radius 1 is 1.56 bits per heavy atom. The maximum absolute atomic E-state index is 12.3. The third-order valence-corrected chi connectivity index (χ3v) is 4.72. The molecule has 3 unspecified atom stereocenters. The molecule has 0 radical (unpaired) electrons. The van der Waals surface area contributed by atoms with Crippen LogP contribution in [0.25, 0.3) is 0 Å². The summed E-state index contributed by atoms with van der Waals surface area (Å²) in [6.07, 6.45) is 3.92. The molecule has 1 saturated heterocycles. The highest BCUT2D eigenvalue weighted by Crippen LogP contribution is 2.37. The van der Waals surface area contributed by atoms with Gasteiger partial charge in [0.15, 0.2) is 0 Å². The van der Waals surface area contributed by atoms with E-state index in [1.807, 2.05) is 6.92 Å². The highest BCUT2D eigenvalue weighted by Gasteiger charge is 2.41. The van der Waals surface area contributed by atoms with E-state index in [0.29, 0.717) is 6.04 Å². The summed E-state index contributed by atoms with van der Waals surface area (Å²) in [7, 11) is 0. The van der Waals surface area contributed by atoms with E-state index in [4.69, 9.17) is 0 Å². The maximum atomic E-state index is 12.3. The fourth-order valence-corrected chi connectivity index (χ4v) is 3.53. The first-order chi connectivity index (χ1) is 8.66. The van der Waals surface area contributed by atoms with Gasteiger partial charge in [-0.15, -0.1) is 0 Å². The van der Waals surface area contributed by atoms with E-state index in [9.17, 15) is 4.79 Å². The van der Waals surface area contributed by atoms with Gasteiger partial charge in [0.25, 0.3) is 0 Å². The normalized spacial score (nSPS) is 29.9. The SMILES string of the molecule is CC1NC(c2ccsc2)N(C(C)CC2CC2)C1=O. The van der Waals surface area contributed by atoms with Crippen LogP contribution in [-0.4, -0.2) is 22.9 Å². The molecule has 1 aromatic heterocycles. The van der Waals surface area contributed by atoms with Gasteiger partial charge in [0.1, 0.15) is 6.17 Å². The zero-order valence-corrected chi connectivity index (χ0v) is 11.7. The van der Waals surface area contributed by atoms with Gasteiger partial charge < -0.3 is 4.90 Å². The first-order valence-corrected chi connectivity index (χ1v) is 7.71. The van der Waals surface area contributed by atoms with Crippen LogP contribution in [0.5, 0.6) is 0 Å². The number of amides is 1. The van der Waals surface area contributed by atoms with E-state index < -0.39 is 0 Å². The van der Waals surface area contributed by atoms with Gasteiger partial charge in [-0.3, -0.25) is 10.1 Å². The van der Waals surface area contributed by atoms with Gasteiger partial charge in [0, 0.05) is 6.04 Å². The number of carbonyl (C=O) groups is 1. The standard InChI is InChI=1S/C14H20N2OS/c1-9(7-11-3-4-11)16-13(12-5-6-18-8-12)15-10(2)14(16)17/h5-6,8-11,13,15H,3-4,7H2,1-2H3. The maximum Gasteiger partial charge on any atom is 0.241 e. The first-order valence-electron chi connectivity index (χ1n) is 6.77. The number of rotatable bonds is 4. The van der Waals surface area contributed by atoms with Gasteiger partial charge in [-0.1, -0.05) is 12.8 Å². The van der Waals surface area contributed by atoms with Crippen molar-refractivity contribution in [3.63, 3.8) is 0 Å². The van der Waals surface area contributed by atoms with Crippen LogP contribution in [0.15, 0.2) is 16.8 Å². The topological polar surface area (TPSA) is 32.3 Å². The summed E-state index contributed by atoms with van der Waals surface area (Å²) in [6, 6.07) is 2.40. The van der Waals surface area contributed by atoms with Gasteiger partial charge in [-0.05, 0) is 48.6 Å². The Hall–Kier alpha value is -0.870. The van der Waals surface area contributed by atoms with Gasteiger partial charge in [-0.25, -0.2) is 0 Å². The Balaban J connectivity index is 1.80. The number of hydrogen-bond acceptors (Lipinski definition) is 3. The minimum absolute atomic E-state index is 0.0587. The molecule has 3 nitrogen and oxygen atoms in total. The van der Waals surface area contributed by atoms with Gasteiger partial charge in [-0.2, -0.15) is 11.3 Å². The van der Waals surface area contributed by atoms with Gasteiger partial charge >= 0.3 is 0 Å². The molecule has 0 bridgehead atoms. The average Bonchev–Trinajstić information content (AvgIpc) is 2.90. The monoisotopic (exact) mass is 264 g/mol. The van der Waals surface area contributed by atoms with E-state index >= 15 is 0 Å². The van der Waals surface area contributed by atoms with E-state index in [1.54, 1.807) is 11.3 Å². The molecule has 3 rings (SSSR count). The number of nitrogens with one attached hydrogen (secondary N) is 1. The quantitative estimate of drug-likeness (QED) is 0.907. The summed E-state index contributed by atoms with van der Waals surface area (Å²) >= 11 is 1.69. The fourth-order valence-electron chi connectivity index (χ4n) is 2.85. The Labute approximate surface area is 112 Å². The second-order valence-corrected chi connectivity index (χ2v) is 6.40. The van der Waals surface area contributed by atoms with Crippen LogP contribution in [-0.2, 0) is 4.79 Å². The number of nitrogens with zero attached hydrogens (tertiary/aromatic N) is 1. The van der Waals surface area contributed by atoms with Crippen LogP contribution >= 0.6 is 11.3 Å². The Bertz CT molecular complexity index is 427.